The van der Waals surface area contributed by atoms with Gasteiger partial charge in [-0.15, -0.1) is 0 Å². The first-order valence-corrected chi connectivity index (χ1v) is 13.8. The fourth-order valence-corrected chi connectivity index (χ4v) is 10.2. The summed E-state index contributed by atoms with van der Waals surface area (Å²) in [6.07, 6.45) is 12.9. The van der Waals surface area contributed by atoms with Gasteiger partial charge in [-0.1, -0.05) is 67.7 Å². The van der Waals surface area contributed by atoms with Gasteiger partial charge in [0, 0.05) is 11.8 Å². The molecule has 0 bridgehead atoms. The topological polar surface area (TPSA) is 45.2 Å². The predicted molar refractivity (Wildman–Crippen MR) is 131 cm³/mol. The largest absolute Gasteiger partial charge is 0.372 e. The van der Waals surface area contributed by atoms with Crippen molar-refractivity contribution in [3.63, 3.8) is 0 Å². The van der Waals surface area contributed by atoms with Crippen molar-refractivity contribution in [2.45, 2.75) is 119 Å². The normalized spacial score (nSPS) is 46.2. The number of carbonyl (C=O) groups excluding carboxylic acids is 1. The predicted octanol–water partition coefficient (Wildman–Crippen LogP) is 8.14. The molecule has 0 heterocycles. The molecule has 1 unspecified atom stereocenters. The highest BCUT2D eigenvalue weighted by Crippen LogP contribution is 2.70. The maximum absolute atomic E-state index is 13.1. The van der Waals surface area contributed by atoms with Crippen molar-refractivity contribution in [1.82, 2.24) is 0 Å². The lowest BCUT2D eigenvalue weighted by atomic mass is 9.40. The van der Waals surface area contributed by atoms with Crippen LogP contribution in [-0.4, -0.2) is 11.8 Å². The summed E-state index contributed by atoms with van der Waals surface area (Å²) in [5.74, 6) is 5.48. The summed E-state index contributed by atoms with van der Waals surface area (Å²) < 4.78 is 0. The molecular formula is C29H49N2O+. The summed E-state index contributed by atoms with van der Waals surface area (Å²) in [5.41, 5.74) is 0.251. The summed E-state index contributed by atoms with van der Waals surface area (Å²) >= 11 is 0. The third-order valence-corrected chi connectivity index (χ3v) is 11.7. The molecule has 0 aromatic carbocycles. The fourth-order valence-electron chi connectivity index (χ4n) is 10.2. The highest BCUT2D eigenvalue weighted by molar-refractivity contribution is 5.91. The Labute approximate surface area is 197 Å². The zero-order valence-corrected chi connectivity index (χ0v) is 22.0. The average Bonchev–Trinajstić information content (AvgIpc) is 3.08. The Kier molecular flexibility index (Phi) is 6.35. The van der Waals surface area contributed by atoms with Crippen LogP contribution in [0.5, 0.6) is 0 Å². The van der Waals surface area contributed by atoms with E-state index in [9.17, 15) is 10.2 Å². The number of ketones is 1. The lowest BCUT2D eigenvalue weighted by Crippen LogP contribution is -2.61. The molecule has 3 heteroatoms. The molecule has 3 nitrogen and oxygen atoms in total. The Bertz CT molecular complexity index is 766. The fraction of sp³-hybridized carbons (Fsp3) is 0.966. The second kappa shape index (κ2) is 8.39. The Morgan fingerprint density at radius 1 is 0.938 bits per heavy atom. The monoisotopic (exact) mass is 441 g/mol. The van der Waals surface area contributed by atoms with E-state index in [0.29, 0.717) is 17.3 Å². The van der Waals surface area contributed by atoms with Gasteiger partial charge in [0.15, 0.2) is 0 Å². The van der Waals surface area contributed by atoms with E-state index in [1.807, 2.05) is 0 Å². The molecule has 4 aliphatic rings. The van der Waals surface area contributed by atoms with Gasteiger partial charge in [0.1, 0.15) is 4.98 Å². The quantitative estimate of drug-likeness (QED) is 0.404. The van der Waals surface area contributed by atoms with Crippen LogP contribution in [0, 0.1) is 63.1 Å². The smallest absolute Gasteiger partial charge is 0.290 e. The summed E-state index contributed by atoms with van der Waals surface area (Å²) in [7, 11) is 0. The van der Waals surface area contributed by atoms with Crippen molar-refractivity contribution < 1.29 is 4.79 Å². The molecule has 0 amide bonds. The van der Waals surface area contributed by atoms with Crippen molar-refractivity contribution in [3.8, 4) is 0 Å². The number of nitrogens with zero attached hydrogens (tertiary/aromatic N) is 2. The third kappa shape index (κ3) is 3.58. The van der Waals surface area contributed by atoms with Crippen LogP contribution in [0.2, 0.25) is 0 Å². The standard InChI is InChI=1S/C29H49N2O/c1-18(2)9-8-10-19(3)21-12-13-22-20-11-14-25-27(4,5)26(32)24(31-30)17-29(25,7)23(20)15-16-28(21,22)6/h18-25H,8-17H2,1-7H3/q+1/t19-,20+,21-,22+,23+,24?,25+,28-,29-/m1/s1. The SMILES string of the molecule is CC(C)CCC[C@@H](C)[C@H]1CC[C@H]2[C@@H]3CC[C@H]4C(C)(C)C(=O)C([N+]#N)C[C@]4(C)[C@H]3CC[C@]12C. The van der Waals surface area contributed by atoms with E-state index in [0.717, 1.165) is 36.0 Å². The van der Waals surface area contributed by atoms with Crippen LogP contribution in [0.3, 0.4) is 0 Å². The van der Waals surface area contributed by atoms with Gasteiger partial charge in [-0.3, -0.25) is 4.79 Å². The van der Waals surface area contributed by atoms with Crippen molar-refractivity contribution in [2.24, 2.45) is 57.7 Å². The van der Waals surface area contributed by atoms with Crippen LogP contribution >= 0.6 is 0 Å². The van der Waals surface area contributed by atoms with Crippen molar-refractivity contribution in [3.05, 3.63) is 4.98 Å². The molecular weight excluding hydrogens is 392 g/mol. The summed E-state index contributed by atoms with van der Waals surface area (Å²) in [6.45, 7) is 16.6. The molecule has 4 saturated carbocycles. The summed E-state index contributed by atoms with van der Waals surface area (Å²) in [6, 6.07) is -0.518. The number of rotatable bonds is 5. The Hall–Kier alpha value is -0.910. The number of hydrogen-bond donors (Lipinski definition) is 0. The number of hydrogen-bond acceptors (Lipinski definition) is 2. The van der Waals surface area contributed by atoms with E-state index < -0.39 is 6.04 Å². The molecule has 180 valence electrons. The zero-order chi connectivity index (χ0) is 23.5. The molecule has 4 aliphatic carbocycles. The molecule has 4 fully saturated rings. The van der Waals surface area contributed by atoms with Crippen LogP contribution < -0.4 is 0 Å². The summed E-state index contributed by atoms with van der Waals surface area (Å²) in [5, 5.41) is 9.69. The van der Waals surface area contributed by atoms with E-state index >= 15 is 0 Å². The molecule has 0 saturated heterocycles. The first-order valence-electron chi connectivity index (χ1n) is 13.8. The molecule has 0 spiro atoms. The molecule has 4 rings (SSSR count). The van der Waals surface area contributed by atoms with Crippen LogP contribution in [0.15, 0.2) is 0 Å². The molecule has 0 aliphatic heterocycles. The van der Waals surface area contributed by atoms with Gasteiger partial charge in [-0.25, -0.2) is 0 Å². The molecule has 0 N–H and O–H groups in total. The van der Waals surface area contributed by atoms with E-state index in [1.165, 1.54) is 57.8 Å². The molecule has 0 radical (unpaired) electrons. The molecule has 0 aromatic heterocycles. The van der Waals surface area contributed by atoms with Crippen LogP contribution in [0.1, 0.15) is 113 Å². The summed E-state index contributed by atoms with van der Waals surface area (Å²) in [4.78, 5) is 16.7. The van der Waals surface area contributed by atoms with Gasteiger partial charge in [0.25, 0.3) is 0 Å². The van der Waals surface area contributed by atoms with Gasteiger partial charge < -0.3 is 0 Å². The second-order valence-electron chi connectivity index (χ2n) is 14.0. The third-order valence-electron chi connectivity index (χ3n) is 11.7. The average molecular weight is 442 g/mol. The van der Waals surface area contributed by atoms with Crippen LogP contribution in [0.4, 0.5) is 0 Å². The van der Waals surface area contributed by atoms with Crippen molar-refractivity contribution in [1.29, 1.82) is 5.39 Å². The van der Waals surface area contributed by atoms with Gasteiger partial charge in [-0.2, -0.15) is 0 Å². The van der Waals surface area contributed by atoms with Crippen LogP contribution in [0.25, 0.3) is 4.98 Å². The van der Waals surface area contributed by atoms with Crippen LogP contribution in [-0.2, 0) is 4.79 Å². The molecule has 32 heavy (non-hydrogen) atoms. The Morgan fingerprint density at radius 2 is 1.62 bits per heavy atom. The van der Waals surface area contributed by atoms with E-state index in [-0.39, 0.29) is 16.6 Å². The van der Waals surface area contributed by atoms with Gasteiger partial charge in [-0.05, 0) is 90.8 Å². The van der Waals surface area contributed by atoms with Gasteiger partial charge >= 0.3 is 6.04 Å². The van der Waals surface area contributed by atoms with E-state index in [4.69, 9.17) is 0 Å². The Balaban J connectivity index is 1.54. The number of fused-ring (bicyclic) bond motifs is 5. The second-order valence-corrected chi connectivity index (χ2v) is 14.0. The molecule has 0 aromatic rings. The first-order chi connectivity index (χ1) is 15.0. The maximum Gasteiger partial charge on any atom is 0.372 e. The minimum atomic E-state index is -0.518. The zero-order valence-electron chi connectivity index (χ0n) is 22.0. The number of diazo groups is 1. The van der Waals surface area contributed by atoms with Crippen molar-refractivity contribution in [2.75, 3.05) is 0 Å². The van der Waals surface area contributed by atoms with Gasteiger partial charge in [0.2, 0.25) is 11.2 Å². The van der Waals surface area contributed by atoms with Gasteiger partial charge in [0.05, 0.1) is 0 Å². The first kappa shape index (κ1) is 24.2. The number of Topliss-reactive ketones (excluding diaryl/α,β-unsaturated/α-hetero) is 1. The van der Waals surface area contributed by atoms with E-state index in [2.05, 4.69) is 53.4 Å². The lowest BCUT2D eigenvalue weighted by molar-refractivity contribution is -0.166. The Morgan fingerprint density at radius 3 is 2.28 bits per heavy atom. The minimum absolute atomic E-state index is 0.125. The minimum Gasteiger partial charge on any atom is -0.290 e. The van der Waals surface area contributed by atoms with E-state index in [1.54, 1.807) is 0 Å². The number of carbonyl (C=O) groups is 1. The molecule has 9 atom stereocenters. The lowest BCUT2D eigenvalue weighted by Gasteiger charge is -2.62. The maximum atomic E-state index is 13.1. The highest BCUT2D eigenvalue weighted by atomic mass is 16.1. The van der Waals surface area contributed by atoms with Crippen molar-refractivity contribution >= 4 is 5.78 Å². The highest BCUT2D eigenvalue weighted by Gasteiger charge is 2.67.